The molecule has 2 bridgehead atoms. The molecule has 1 heteroatoms. The maximum absolute atomic E-state index is 6.26. The molecule has 88 valence electrons. The monoisotopic (exact) mass is 226 g/mol. The van der Waals surface area contributed by atoms with E-state index in [0.29, 0.717) is 12.0 Å². The van der Waals surface area contributed by atoms with E-state index in [9.17, 15) is 0 Å². The lowest BCUT2D eigenvalue weighted by Crippen LogP contribution is -2.26. The lowest BCUT2D eigenvalue weighted by Gasteiger charge is -2.25. The molecule has 1 nitrogen and oxygen atoms in total. The number of hydrogen-bond donors (Lipinski definition) is 0. The molecule has 1 aromatic carbocycles. The van der Waals surface area contributed by atoms with Crippen LogP contribution in [0.25, 0.3) is 0 Å². The first-order chi connectivity index (χ1) is 8.29. The number of benzene rings is 1. The van der Waals surface area contributed by atoms with Gasteiger partial charge in [-0.3, -0.25) is 0 Å². The molecule has 4 unspecified atom stereocenters. The van der Waals surface area contributed by atoms with E-state index in [1.165, 1.54) is 29.7 Å². The Hall–Kier alpha value is -1.24. The van der Waals surface area contributed by atoms with Crippen LogP contribution in [0, 0.1) is 18.8 Å². The van der Waals surface area contributed by atoms with E-state index < -0.39 is 0 Å². The molecule has 2 fully saturated rings. The lowest BCUT2D eigenvalue weighted by molar-refractivity contribution is 0.160. The fraction of sp³-hybridized carbons (Fsp3) is 0.500. The van der Waals surface area contributed by atoms with Gasteiger partial charge in [0.2, 0.25) is 0 Å². The highest BCUT2D eigenvalue weighted by molar-refractivity contribution is 5.50. The minimum atomic E-state index is 0.472. The average molecular weight is 226 g/mol. The van der Waals surface area contributed by atoms with E-state index in [4.69, 9.17) is 4.74 Å². The van der Waals surface area contributed by atoms with E-state index in [2.05, 4.69) is 38.1 Å². The Labute approximate surface area is 102 Å². The van der Waals surface area contributed by atoms with Crippen LogP contribution in [0.3, 0.4) is 0 Å². The number of allylic oxidation sites excluding steroid dienone is 2. The van der Waals surface area contributed by atoms with Gasteiger partial charge in [0.15, 0.2) is 0 Å². The van der Waals surface area contributed by atoms with Crippen LogP contribution in [0.15, 0.2) is 29.8 Å². The number of aryl methyl sites for hydroxylation is 1. The van der Waals surface area contributed by atoms with Crippen LogP contribution in [0.5, 0.6) is 5.75 Å². The predicted octanol–water partition coefficient (Wildman–Crippen LogP) is 3.83. The average Bonchev–Trinajstić information content (AvgIpc) is 2.97. The van der Waals surface area contributed by atoms with E-state index in [0.717, 1.165) is 11.8 Å². The van der Waals surface area contributed by atoms with Gasteiger partial charge in [-0.1, -0.05) is 29.8 Å². The molecule has 1 aliphatic heterocycles. The van der Waals surface area contributed by atoms with Crippen molar-refractivity contribution in [1.29, 1.82) is 0 Å². The van der Waals surface area contributed by atoms with Crippen molar-refractivity contribution in [3.05, 3.63) is 41.0 Å². The second kappa shape index (κ2) is 3.16. The number of para-hydroxylation sites is 1. The molecule has 3 aliphatic rings. The summed E-state index contributed by atoms with van der Waals surface area (Å²) in [7, 11) is 0. The fourth-order valence-corrected chi connectivity index (χ4v) is 4.29. The van der Waals surface area contributed by atoms with Crippen molar-refractivity contribution in [3.63, 3.8) is 0 Å². The Morgan fingerprint density at radius 3 is 3.06 bits per heavy atom. The molecule has 0 N–H and O–H groups in total. The summed E-state index contributed by atoms with van der Waals surface area (Å²) in [5, 5.41) is 0. The Balaban J connectivity index is 1.84. The van der Waals surface area contributed by atoms with E-state index >= 15 is 0 Å². The summed E-state index contributed by atoms with van der Waals surface area (Å²) in [4.78, 5) is 0. The van der Waals surface area contributed by atoms with Crippen LogP contribution in [-0.2, 0) is 0 Å². The third kappa shape index (κ3) is 1.10. The molecular formula is C16H18O. The lowest BCUT2D eigenvalue weighted by atomic mass is 9.79. The number of ether oxygens (including phenoxy) is 1. The molecule has 1 heterocycles. The SMILES string of the molecule is CC=C1CC2CC1C1c3cccc(C)c3OC21. The summed E-state index contributed by atoms with van der Waals surface area (Å²) in [5.41, 5.74) is 4.45. The van der Waals surface area contributed by atoms with Crippen LogP contribution in [0.1, 0.15) is 36.8 Å². The van der Waals surface area contributed by atoms with Gasteiger partial charge in [0.05, 0.1) is 0 Å². The molecule has 0 amide bonds. The van der Waals surface area contributed by atoms with Gasteiger partial charge in [0, 0.05) is 17.4 Å². The normalized spacial score (nSPS) is 39.3. The minimum Gasteiger partial charge on any atom is -0.489 e. The van der Waals surface area contributed by atoms with Gasteiger partial charge in [-0.05, 0) is 38.2 Å². The molecule has 2 aliphatic carbocycles. The van der Waals surface area contributed by atoms with Crippen molar-refractivity contribution in [1.82, 2.24) is 0 Å². The maximum Gasteiger partial charge on any atom is 0.126 e. The van der Waals surface area contributed by atoms with Gasteiger partial charge >= 0.3 is 0 Å². The quantitative estimate of drug-likeness (QED) is 0.611. The molecule has 0 aromatic heterocycles. The molecule has 1 aromatic rings. The zero-order valence-corrected chi connectivity index (χ0v) is 10.4. The maximum atomic E-state index is 6.26. The first-order valence-corrected chi connectivity index (χ1v) is 6.71. The van der Waals surface area contributed by atoms with Crippen molar-refractivity contribution in [2.45, 2.75) is 38.7 Å². The molecule has 2 saturated carbocycles. The van der Waals surface area contributed by atoms with Gasteiger partial charge in [-0.15, -0.1) is 0 Å². The summed E-state index contributed by atoms with van der Waals surface area (Å²) in [6.45, 7) is 4.36. The van der Waals surface area contributed by atoms with Crippen molar-refractivity contribution in [2.75, 3.05) is 0 Å². The first-order valence-electron chi connectivity index (χ1n) is 6.71. The Morgan fingerprint density at radius 1 is 1.35 bits per heavy atom. The highest BCUT2D eigenvalue weighted by Crippen LogP contribution is 2.61. The smallest absolute Gasteiger partial charge is 0.126 e. The van der Waals surface area contributed by atoms with E-state index in [-0.39, 0.29) is 0 Å². The molecular weight excluding hydrogens is 208 g/mol. The van der Waals surface area contributed by atoms with Crippen molar-refractivity contribution in [3.8, 4) is 5.75 Å². The highest BCUT2D eigenvalue weighted by atomic mass is 16.5. The van der Waals surface area contributed by atoms with E-state index in [1.54, 1.807) is 5.57 Å². The number of fused-ring (bicyclic) bond motifs is 7. The zero-order chi connectivity index (χ0) is 11.6. The zero-order valence-electron chi connectivity index (χ0n) is 10.4. The van der Waals surface area contributed by atoms with Gasteiger partial charge in [-0.25, -0.2) is 0 Å². The molecule has 4 rings (SSSR count). The van der Waals surface area contributed by atoms with Gasteiger partial charge in [0.1, 0.15) is 11.9 Å². The summed E-state index contributed by atoms with van der Waals surface area (Å²) < 4.78 is 6.26. The van der Waals surface area contributed by atoms with Gasteiger partial charge < -0.3 is 4.74 Å². The van der Waals surface area contributed by atoms with Gasteiger partial charge in [0.25, 0.3) is 0 Å². The van der Waals surface area contributed by atoms with Crippen LogP contribution >= 0.6 is 0 Å². The summed E-state index contributed by atoms with van der Waals surface area (Å²) in [6.07, 6.45) is 5.44. The Bertz CT molecular complexity index is 514. The minimum absolute atomic E-state index is 0.472. The third-order valence-electron chi connectivity index (χ3n) is 5.01. The second-order valence-corrected chi connectivity index (χ2v) is 5.77. The van der Waals surface area contributed by atoms with Crippen molar-refractivity contribution < 1.29 is 4.74 Å². The Kier molecular flexibility index (Phi) is 1.81. The van der Waals surface area contributed by atoms with Gasteiger partial charge in [-0.2, -0.15) is 0 Å². The van der Waals surface area contributed by atoms with Crippen molar-refractivity contribution >= 4 is 0 Å². The summed E-state index contributed by atoms with van der Waals surface area (Å²) in [5.74, 6) is 3.37. The van der Waals surface area contributed by atoms with Crippen LogP contribution in [0.4, 0.5) is 0 Å². The van der Waals surface area contributed by atoms with Crippen molar-refractivity contribution in [2.24, 2.45) is 11.8 Å². The number of rotatable bonds is 0. The van der Waals surface area contributed by atoms with Crippen LogP contribution in [0.2, 0.25) is 0 Å². The summed E-state index contributed by atoms with van der Waals surface area (Å²) >= 11 is 0. The summed E-state index contributed by atoms with van der Waals surface area (Å²) in [6, 6.07) is 6.63. The molecule has 0 saturated heterocycles. The molecule has 4 atom stereocenters. The number of hydrogen-bond acceptors (Lipinski definition) is 1. The topological polar surface area (TPSA) is 9.23 Å². The highest BCUT2D eigenvalue weighted by Gasteiger charge is 2.55. The largest absolute Gasteiger partial charge is 0.489 e. The van der Waals surface area contributed by atoms with E-state index in [1.807, 2.05) is 0 Å². The standard InChI is InChI=1S/C16H18O/c1-3-10-7-11-8-13(10)14-12-6-4-5-9(2)15(12)17-16(11)14/h3-6,11,13-14,16H,7-8H2,1-2H3. The first kappa shape index (κ1) is 9.76. The molecule has 17 heavy (non-hydrogen) atoms. The molecule has 0 radical (unpaired) electrons. The third-order valence-corrected chi connectivity index (χ3v) is 5.01. The van der Waals surface area contributed by atoms with Crippen LogP contribution in [-0.4, -0.2) is 6.10 Å². The molecule has 0 spiro atoms. The predicted molar refractivity (Wildman–Crippen MR) is 68.3 cm³/mol. The second-order valence-electron chi connectivity index (χ2n) is 5.77. The Morgan fingerprint density at radius 2 is 2.24 bits per heavy atom. The fourth-order valence-electron chi connectivity index (χ4n) is 4.29. The van der Waals surface area contributed by atoms with Crippen LogP contribution < -0.4 is 4.74 Å².